The van der Waals surface area contributed by atoms with Crippen molar-refractivity contribution in [1.82, 2.24) is 5.32 Å². The third kappa shape index (κ3) is 4.64. The van der Waals surface area contributed by atoms with Gasteiger partial charge in [-0.1, -0.05) is 12.1 Å². The molecular formula is C19H20F7NO6. The molecular weight excluding hydrogens is 471 g/mol. The summed E-state index contributed by atoms with van der Waals surface area (Å²) in [5, 5.41) is 21.6. The Morgan fingerprint density at radius 3 is 1.55 bits per heavy atom. The van der Waals surface area contributed by atoms with Gasteiger partial charge in [0.1, 0.15) is 17.7 Å². The Bertz CT molecular complexity index is 827. The Morgan fingerprint density at radius 2 is 1.24 bits per heavy atom. The summed E-state index contributed by atoms with van der Waals surface area (Å²) < 4.78 is 106. The molecule has 1 unspecified atom stereocenters. The molecule has 1 saturated heterocycles. The summed E-state index contributed by atoms with van der Waals surface area (Å²) in [7, 11) is 0. The zero-order valence-corrected chi connectivity index (χ0v) is 17.1. The maximum Gasteiger partial charge on any atom is 0.432 e. The summed E-state index contributed by atoms with van der Waals surface area (Å²) in [5.41, 5.74) is -10.0. The summed E-state index contributed by atoms with van der Waals surface area (Å²) in [6.07, 6.45) is -12.0. The number of carbonyl (C=O) groups excluding carboxylic acids is 2. The molecule has 0 saturated carbocycles. The van der Waals surface area contributed by atoms with Crippen LogP contribution in [0.5, 0.6) is 0 Å². The van der Waals surface area contributed by atoms with E-state index in [1.54, 1.807) is 0 Å². The molecule has 0 amide bonds. The van der Waals surface area contributed by atoms with Crippen LogP contribution in [0.3, 0.4) is 0 Å². The molecule has 0 radical (unpaired) electrons. The van der Waals surface area contributed by atoms with Gasteiger partial charge in [0.05, 0.1) is 13.2 Å². The molecule has 186 valence electrons. The summed E-state index contributed by atoms with van der Waals surface area (Å²) in [6, 6.07) is 2.75. The molecule has 1 aromatic rings. The lowest BCUT2D eigenvalue weighted by molar-refractivity contribution is -0.376. The van der Waals surface area contributed by atoms with Crippen LogP contribution >= 0.6 is 0 Å². The maximum absolute atomic E-state index is 14.0. The number of ether oxygens (including phenoxy) is 2. The van der Waals surface area contributed by atoms with Crippen molar-refractivity contribution in [2.24, 2.45) is 11.8 Å². The van der Waals surface area contributed by atoms with Crippen LogP contribution in [0, 0.1) is 17.7 Å². The minimum Gasteiger partial charge on any atom is -0.466 e. The van der Waals surface area contributed by atoms with Crippen LogP contribution in [-0.4, -0.2) is 59.2 Å². The highest BCUT2D eigenvalue weighted by Crippen LogP contribution is 2.55. The fraction of sp³-hybridized carbons (Fsp3) is 0.579. The second-order valence-corrected chi connectivity index (χ2v) is 7.19. The monoisotopic (exact) mass is 491 g/mol. The molecule has 1 heterocycles. The number of hydrogen-bond donors (Lipinski definition) is 3. The quantitative estimate of drug-likeness (QED) is 0.429. The lowest BCUT2D eigenvalue weighted by Gasteiger charge is -2.54. The molecule has 0 aliphatic carbocycles. The van der Waals surface area contributed by atoms with Gasteiger partial charge in [0, 0.05) is 5.92 Å². The van der Waals surface area contributed by atoms with Gasteiger partial charge in [-0.2, -0.15) is 26.3 Å². The standard InChI is InChI=1S/C19H20F7NO6/c1-3-32-14(28)12-11(9-5-7-10(20)8-6-9)13(15(29)33-4-2)17(31,19(24,25)26)27-16(12,30)18(21,22)23/h5-8,11-13,27,30-31H,3-4H2,1-2H3/t11?,12-,13+,16-,17-/m0/s1. The zero-order valence-electron chi connectivity index (χ0n) is 17.1. The Morgan fingerprint density at radius 1 is 0.879 bits per heavy atom. The normalized spacial score (nSPS) is 30.6. The van der Waals surface area contributed by atoms with E-state index in [4.69, 9.17) is 0 Å². The van der Waals surface area contributed by atoms with Crippen LogP contribution in [0.2, 0.25) is 0 Å². The third-order valence-electron chi connectivity index (χ3n) is 5.20. The number of hydrogen-bond acceptors (Lipinski definition) is 7. The Balaban J connectivity index is 2.95. The van der Waals surface area contributed by atoms with E-state index in [1.165, 1.54) is 13.8 Å². The summed E-state index contributed by atoms with van der Waals surface area (Å²) >= 11 is 0. The molecule has 2 rings (SSSR count). The Hall–Kier alpha value is -2.45. The molecule has 0 aromatic heterocycles. The first-order valence-corrected chi connectivity index (χ1v) is 9.51. The maximum atomic E-state index is 14.0. The van der Waals surface area contributed by atoms with Crippen molar-refractivity contribution in [2.45, 2.75) is 43.6 Å². The molecule has 14 heteroatoms. The highest BCUT2D eigenvalue weighted by molar-refractivity contribution is 5.81. The van der Waals surface area contributed by atoms with Gasteiger partial charge in [0.15, 0.2) is 0 Å². The van der Waals surface area contributed by atoms with Gasteiger partial charge in [0.25, 0.3) is 0 Å². The molecule has 1 fully saturated rings. The molecule has 1 aromatic carbocycles. The van der Waals surface area contributed by atoms with Crippen LogP contribution in [0.25, 0.3) is 0 Å². The number of aliphatic hydroxyl groups is 2. The van der Waals surface area contributed by atoms with Gasteiger partial charge in [-0.25, -0.2) is 9.71 Å². The lowest BCUT2D eigenvalue weighted by atomic mass is 9.64. The van der Waals surface area contributed by atoms with E-state index in [0.717, 1.165) is 12.1 Å². The van der Waals surface area contributed by atoms with Crippen LogP contribution in [-0.2, 0) is 19.1 Å². The second kappa shape index (κ2) is 9.06. The van der Waals surface area contributed by atoms with Crippen LogP contribution in [0.4, 0.5) is 30.7 Å². The second-order valence-electron chi connectivity index (χ2n) is 7.19. The molecule has 0 bridgehead atoms. The molecule has 1 aliphatic heterocycles. The highest BCUT2D eigenvalue weighted by atomic mass is 19.4. The van der Waals surface area contributed by atoms with Gasteiger partial charge in [-0.05, 0) is 31.5 Å². The van der Waals surface area contributed by atoms with Crippen molar-refractivity contribution < 1.29 is 60.0 Å². The predicted octanol–water partition coefficient (Wildman–Crippen LogP) is 2.37. The van der Waals surface area contributed by atoms with E-state index in [9.17, 15) is 50.5 Å². The summed E-state index contributed by atoms with van der Waals surface area (Å²) in [4.78, 5) is 25.2. The molecule has 1 aliphatic rings. The average Bonchev–Trinajstić information content (AvgIpc) is 2.66. The van der Waals surface area contributed by atoms with Crippen LogP contribution in [0.1, 0.15) is 25.3 Å². The van der Waals surface area contributed by atoms with E-state index < -0.39 is 78.1 Å². The van der Waals surface area contributed by atoms with Crippen molar-refractivity contribution in [2.75, 3.05) is 13.2 Å². The van der Waals surface area contributed by atoms with Crippen LogP contribution in [0.15, 0.2) is 24.3 Å². The van der Waals surface area contributed by atoms with Gasteiger partial charge in [-0.15, -0.1) is 0 Å². The molecule has 3 N–H and O–H groups in total. The fourth-order valence-electron chi connectivity index (χ4n) is 3.82. The third-order valence-corrected chi connectivity index (χ3v) is 5.20. The Labute approximate surface area is 182 Å². The predicted molar refractivity (Wildman–Crippen MR) is 94.5 cm³/mol. The minimum absolute atomic E-state index is 0.535. The summed E-state index contributed by atoms with van der Waals surface area (Å²) in [5.74, 6) is -13.0. The highest BCUT2D eigenvalue weighted by Gasteiger charge is 2.78. The topological polar surface area (TPSA) is 105 Å². The number of nitrogens with one attached hydrogen (secondary N) is 1. The first-order valence-electron chi connectivity index (χ1n) is 9.51. The van der Waals surface area contributed by atoms with E-state index in [2.05, 4.69) is 9.47 Å². The average molecular weight is 491 g/mol. The fourth-order valence-corrected chi connectivity index (χ4v) is 3.82. The van der Waals surface area contributed by atoms with Crippen LogP contribution < -0.4 is 5.32 Å². The smallest absolute Gasteiger partial charge is 0.432 e. The number of rotatable bonds is 5. The number of halogens is 7. The van der Waals surface area contributed by atoms with E-state index in [0.29, 0.717) is 17.4 Å². The first-order chi connectivity index (χ1) is 15.0. The van der Waals surface area contributed by atoms with Crippen molar-refractivity contribution in [1.29, 1.82) is 0 Å². The molecule has 7 nitrogen and oxygen atoms in total. The number of esters is 2. The molecule has 33 heavy (non-hydrogen) atoms. The minimum atomic E-state index is -5.98. The van der Waals surface area contributed by atoms with Crippen molar-refractivity contribution in [3.63, 3.8) is 0 Å². The molecule has 5 atom stereocenters. The number of piperidine rings is 1. The first kappa shape index (κ1) is 26.8. The number of alkyl halides is 6. The number of benzene rings is 1. The molecule has 0 spiro atoms. The van der Waals surface area contributed by atoms with E-state index in [1.807, 2.05) is 0 Å². The van der Waals surface area contributed by atoms with Crippen molar-refractivity contribution >= 4 is 11.9 Å². The largest absolute Gasteiger partial charge is 0.466 e. The SMILES string of the molecule is CCOC(=O)[C@@H]1C(c2ccc(F)cc2)[C@H](C(=O)OCC)[C@](O)(C(F)(F)F)N[C@@]1(O)C(F)(F)F. The van der Waals surface area contributed by atoms with Gasteiger partial charge < -0.3 is 19.7 Å². The van der Waals surface area contributed by atoms with E-state index >= 15 is 0 Å². The number of carbonyl (C=O) groups is 2. The zero-order chi connectivity index (χ0) is 25.4. The van der Waals surface area contributed by atoms with Gasteiger partial charge in [-0.3, -0.25) is 9.59 Å². The van der Waals surface area contributed by atoms with Gasteiger partial charge in [0.2, 0.25) is 11.4 Å². The Kier molecular flexibility index (Phi) is 7.36. The van der Waals surface area contributed by atoms with Crippen molar-refractivity contribution in [3.8, 4) is 0 Å². The lowest BCUT2D eigenvalue weighted by Crippen LogP contribution is -2.81. The van der Waals surface area contributed by atoms with Crippen molar-refractivity contribution in [3.05, 3.63) is 35.6 Å². The van der Waals surface area contributed by atoms with E-state index in [-0.39, 0.29) is 0 Å². The summed E-state index contributed by atoms with van der Waals surface area (Å²) in [6.45, 7) is 1.30. The van der Waals surface area contributed by atoms with Gasteiger partial charge >= 0.3 is 24.3 Å².